The second kappa shape index (κ2) is 9.19. The summed E-state index contributed by atoms with van der Waals surface area (Å²) in [6.07, 6.45) is 6.01. The molecular formula is C22H33NO2. The Hall–Kier alpha value is -1.61. The van der Waals surface area contributed by atoms with Crippen LogP contribution in [0.2, 0.25) is 0 Å². The van der Waals surface area contributed by atoms with Crippen LogP contribution in [0.5, 0.6) is 0 Å². The topological polar surface area (TPSA) is 29.5 Å². The molecule has 1 fully saturated rings. The number of carbonyl (C=O) groups excluding carboxylic acids is 1. The minimum absolute atomic E-state index is 0.130. The van der Waals surface area contributed by atoms with E-state index < -0.39 is 0 Å². The Morgan fingerprint density at radius 2 is 2.00 bits per heavy atom. The van der Waals surface area contributed by atoms with Crippen molar-refractivity contribution in [3.8, 4) is 0 Å². The van der Waals surface area contributed by atoms with Gasteiger partial charge in [-0.2, -0.15) is 0 Å². The Labute approximate surface area is 153 Å². The Kier molecular flexibility index (Phi) is 7.24. The van der Waals surface area contributed by atoms with Gasteiger partial charge in [-0.3, -0.25) is 4.79 Å². The van der Waals surface area contributed by atoms with E-state index in [0.29, 0.717) is 24.5 Å². The normalized spacial score (nSPS) is 16.3. The molecule has 0 radical (unpaired) electrons. The molecule has 0 bridgehead atoms. The Balaban J connectivity index is 1.91. The molecule has 0 unspecified atom stereocenters. The molecule has 1 aromatic carbocycles. The largest absolute Gasteiger partial charge is 0.372 e. The predicted octanol–water partition coefficient (Wildman–Crippen LogP) is 4.82. The number of rotatable bonds is 11. The van der Waals surface area contributed by atoms with E-state index in [1.165, 1.54) is 36.8 Å². The van der Waals surface area contributed by atoms with Crippen LogP contribution < -0.4 is 0 Å². The van der Waals surface area contributed by atoms with Crippen molar-refractivity contribution in [3.63, 3.8) is 0 Å². The second-order valence-corrected chi connectivity index (χ2v) is 7.53. The van der Waals surface area contributed by atoms with Gasteiger partial charge in [0.25, 0.3) is 0 Å². The summed E-state index contributed by atoms with van der Waals surface area (Å²) in [5.74, 6) is 0.579. The average Bonchev–Trinajstić information content (AvgIpc) is 3.36. The van der Waals surface area contributed by atoms with Gasteiger partial charge in [0.2, 0.25) is 5.91 Å². The van der Waals surface area contributed by atoms with Gasteiger partial charge < -0.3 is 9.64 Å². The lowest BCUT2D eigenvalue weighted by molar-refractivity contribution is -0.127. The van der Waals surface area contributed by atoms with Gasteiger partial charge in [-0.05, 0) is 48.2 Å². The molecule has 138 valence electrons. The summed E-state index contributed by atoms with van der Waals surface area (Å²) in [6.45, 7) is 10.3. The number of nitrogens with zero attached hydrogens (tertiary/aromatic N) is 1. The summed E-state index contributed by atoms with van der Waals surface area (Å²) in [6, 6.07) is 10.3. The van der Waals surface area contributed by atoms with Crippen LogP contribution in [0.3, 0.4) is 0 Å². The van der Waals surface area contributed by atoms with E-state index in [9.17, 15) is 4.79 Å². The summed E-state index contributed by atoms with van der Waals surface area (Å²) < 4.78 is 5.94. The van der Waals surface area contributed by atoms with Gasteiger partial charge in [-0.15, -0.1) is 0 Å². The molecule has 1 amide bonds. The van der Waals surface area contributed by atoms with Crippen molar-refractivity contribution in [2.45, 2.75) is 52.6 Å². The fourth-order valence-electron chi connectivity index (χ4n) is 3.83. The lowest BCUT2D eigenvalue weighted by Gasteiger charge is -2.30. The highest BCUT2D eigenvalue weighted by atomic mass is 16.5. The van der Waals surface area contributed by atoms with Gasteiger partial charge in [-0.1, -0.05) is 50.3 Å². The fraction of sp³-hybridized carbons (Fsp3) is 0.591. The highest BCUT2D eigenvalue weighted by Crippen LogP contribution is 2.58. The first-order valence-corrected chi connectivity index (χ1v) is 9.49. The highest BCUT2D eigenvalue weighted by Gasteiger charge is 2.48. The zero-order chi connectivity index (χ0) is 18.3. The van der Waals surface area contributed by atoms with Crippen molar-refractivity contribution in [2.24, 2.45) is 11.3 Å². The molecule has 0 spiro atoms. The maximum Gasteiger partial charge on any atom is 0.219 e. The van der Waals surface area contributed by atoms with Crippen molar-refractivity contribution in [1.29, 1.82) is 0 Å². The van der Waals surface area contributed by atoms with Crippen LogP contribution in [0.25, 0.3) is 0 Å². The molecular weight excluding hydrogens is 310 g/mol. The molecule has 25 heavy (non-hydrogen) atoms. The summed E-state index contributed by atoms with van der Waals surface area (Å²) in [5, 5.41) is 0. The summed E-state index contributed by atoms with van der Waals surface area (Å²) in [5.41, 5.74) is 2.79. The average molecular weight is 344 g/mol. The molecule has 0 heterocycles. The molecule has 0 N–H and O–H groups in total. The lowest BCUT2D eigenvalue weighted by atomic mass is 9.78. The molecule has 1 atom stereocenters. The third-order valence-corrected chi connectivity index (χ3v) is 5.56. The molecule has 1 aromatic rings. The molecule has 3 nitrogen and oxygen atoms in total. The Bertz CT molecular complexity index is 563. The Morgan fingerprint density at radius 1 is 1.32 bits per heavy atom. The number of amides is 1. The minimum atomic E-state index is 0.130. The number of benzene rings is 1. The summed E-state index contributed by atoms with van der Waals surface area (Å²) in [7, 11) is 1.88. The standard InChI is InChI=1S/C22H33NO2/c1-5-12-22(13-14-22)21(11-15-23(4)19(3)24)18(2)16-25-17-20-9-7-6-8-10-20/h6-10,21H,2,5,11-17H2,1,3-4H3/t21-/m0/s1. The maximum atomic E-state index is 11.5. The molecule has 0 aliphatic heterocycles. The molecule has 0 aromatic heterocycles. The highest BCUT2D eigenvalue weighted by molar-refractivity contribution is 5.72. The molecule has 1 aliphatic carbocycles. The van der Waals surface area contributed by atoms with Gasteiger partial charge in [0.15, 0.2) is 0 Å². The van der Waals surface area contributed by atoms with Crippen molar-refractivity contribution in [3.05, 3.63) is 48.0 Å². The van der Waals surface area contributed by atoms with E-state index in [-0.39, 0.29) is 5.91 Å². The predicted molar refractivity (Wildman–Crippen MR) is 103 cm³/mol. The van der Waals surface area contributed by atoms with Gasteiger partial charge in [0.1, 0.15) is 0 Å². The molecule has 2 rings (SSSR count). The Morgan fingerprint density at radius 3 is 2.56 bits per heavy atom. The summed E-state index contributed by atoms with van der Waals surface area (Å²) >= 11 is 0. The van der Waals surface area contributed by atoms with Crippen LogP contribution in [-0.4, -0.2) is 31.0 Å². The quantitative estimate of drug-likeness (QED) is 0.539. The molecule has 1 aliphatic rings. The molecule has 0 saturated heterocycles. The van der Waals surface area contributed by atoms with Gasteiger partial charge >= 0.3 is 0 Å². The van der Waals surface area contributed by atoms with Crippen molar-refractivity contribution >= 4 is 5.91 Å². The molecule has 1 saturated carbocycles. The van der Waals surface area contributed by atoms with Crippen LogP contribution >= 0.6 is 0 Å². The number of ether oxygens (including phenoxy) is 1. The van der Waals surface area contributed by atoms with E-state index in [0.717, 1.165) is 13.0 Å². The van der Waals surface area contributed by atoms with Gasteiger partial charge in [0, 0.05) is 20.5 Å². The minimum Gasteiger partial charge on any atom is -0.372 e. The van der Waals surface area contributed by atoms with Gasteiger partial charge in [0.05, 0.1) is 13.2 Å². The second-order valence-electron chi connectivity index (χ2n) is 7.53. The van der Waals surface area contributed by atoms with Crippen LogP contribution in [0, 0.1) is 11.3 Å². The smallest absolute Gasteiger partial charge is 0.219 e. The zero-order valence-electron chi connectivity index (χ0n) is 16.1. The fourth-order valence-corrected chi connectivity index (χ4v) is 3.83. The van der Waals surface area contributed by atoms with Crippen molar-refractivity contribution in [1.82, 2.24) is 4.90 Å². The SMILES string of the molecule is C=C(COCc1ccccc1)[C@H](CCN(C)C(C)=O)C1(CCC)CC1. The molecule has 3 heteroatoms. The summed E-state index contributed by atoms with van der Waals surface area (Å²) in [4.78, 5) is 13.3. The number of carbonyl (C=O) groups is 1. The van der Waals surface area contributed by atoms with E-state index >= 15 is 0 Å². The van der Waals surface area contributed by atoms with Crippen molar-refractivity contribution < 1.29 is 9.53 Å². The lowest BCUT2D eigenvalue weighted by Crippen LogP contribution is -2.30. The zero-order valence-corrected chi connectivity index (χ0v) is 16.1. The monoisotopic (exact) mass is 343 g/mol. The van der Waals surface area contributed by atoms with Crippen LogP contribution in [0.4, 0.5) is 0 Å². The van der Waals surface area contributed by atoms with E-state index in [1.807, 2.05) is 30.1 Å². The third kappa shape index (κ3) is 5.71. The van der Waals surface area contributed by atoms with E-state index in [2.05, 4.69) is 25.6 Å². The number of hydrogen-bond acceptors (Lipinski definition) is 2. The third-order valence-electron chi connectivity index (χ3n) is 5.56. The van der Waals surface area contributed by atoms with E-state index in [1.54, 1.807) is 6.92 Å². The maximum absolute atomic E-state index is 11.5. The van der Waals surface area contributed by atoms with Crippen LogP contribution in [-0.2, 0) is 16.1 Å². The van der Waals surface area contributed by atoms with Crippen LogP contribution in [0.1, 0.15) is 51.5 Å². The first-order valence-electron chi connectivity index (χ1n) is 9.49. The first-order chi connectivity index (χ1) is 12.0. The van der Waals surface area contributed by atoms with Crippen molar-refractivity contribution in [2.75, 3.05) is 20.2 Å². The van der Waals surface area contributed by atoms with Crippen LogP contribution in [0.15, 0.2) is 42.5 Å². The van der Waals surface area contributed by atoms with E-state index in [4.69, 9.17) is 4.74 Å². The van der Waals surface area contributed by atoms with Gasteiger partial charge in [-0.25, -0.2) is 0 Å². The number of hydrogen-bond donors (Lipinski definition) is 0. The first kappa shape index (κ1) is 19.7.